The van der Waals surface area contributed by atoms with Crippen LogP contribution < -0.4 is 0 Å². The fraction of sp³-hybridized carbons (Fsp3) is 0.833. The Morgan fingerprint density at radius 3 is 2.69 bits per heavy atom. The SMILES string of the molecule is CC(C)Cn1cc(CCCOC(C)C)nn1. The van der Waals surface area contributed by atoms with Crippen LogP contribution >= 0.6 is 0 Å². The fourth-order valence-electron chi connectivity index (χ4n) is 1.49. The number of nitrogens with zero attached hydrogens (tertiary/aromatic N) is 3. The average molecular weight is 225 g/mol. The largest absolute Gasteiger partial charge is 0.379 e. The number of hydrogen-bond donors (Lipinski definition) is 0. The molecule has 0 amide bonds. The summed E-state index contributed by atoms with van der Waals surface area (Å²) in [5.74, 6) is 0.610. The molecule has 0 bridgehead atoms. The van der Waals surface area contributed by atoms with E-state index in [0.29, 0.717) is 12.0 Å². The lowest BCUT2D eigenvalue weighted by atomic mass is 10.2. The first-order valence-electron chi connectivity index (χ1n) is 6.08. The lowest BCUT2D eigenvalue weighted by Gasteiger charge is -2.05. The molecule has 0 atom stereocenters. The van der Waals surface area contributed by atoms with Crippen LogP contribution in [0.2, 0.25) is 0 Å². The van der Waals surface area contributed by atoms with Crippen molar-refractivity contribution in [2.24, 2.45) is 5.92 Å². The summed E-state index contributed by atoms with van der Waals surface area (Å²) in [5, 5.41) is 8.24. The van der Waals surface area contributed by atoms with E-state index >= 15 is 0 Å². The maximum absolute atomic E-state index is 5.48. The standard InChI is InChI=1S/C12H23N3O/c1-10(2)8-15-9-12(13-14-15)6-5-7-16-11(3)4/h9-11H,5-8H2,1-4H3. The summed E-state index contributed by atoms with van der Waals surface area (Å²) in [6.45, 7) is 10.2. The van der Waals surface area contributed by atoms with Crippen molar-refractivity contribution < 1.29 is 4.74 Å². The molecule has 0 spiro atoms. The van der Waals surface area contributed by atoms with Gasteiger partial charge in [0, 0.05) is 19.3 Å². The third kappa shape index (κ3) is 5.26. The zero-order valence-corrected chi connectivity index (χ0v) is 10.8. The van der Waals surface area contributed by atoms with Crippen molar-refractivity contribution in [3.63, 3.8) is 0 Å². The molecule has 0 aliphatic rings. The fourth-order valence-corrected chi connectivity index (χ4v) is 1.49. The first-order chi connectivity index (χ1) is 7.58. The van der Waals surface area contributed by atoms with Crippen molar-refractivity contribution in [3.05, 3.63) is 11.9 Å². The number of ether oxygens (including phenoxy) is 1. The minimum atomic E-state index is 0.316. The Balaban J connectivity index is 2.24. The van der Waals surface area contributed by atoms with Crippen LogP contribution in [-0.2, 0) is 17.7 Å². The lowest BCUT2D eigenvalue weighted by molar-refractivity contribution is 0.0770. The lowest BCUT2D eigenvalue weighted by Crippen LogP contribution is -2.05. The second-order valence-electron chi connectivity index (χ2n) is 4.85. The average Bonchev–Trinajstić information content (AvgIpc) is 2.59. The van der Waals surface area contributed by atoms with Crippen molar-refractivity contribution >= 4 is 0 Å². The zero-order chi connectivity index (χ0) is 12.0. The van der Waals surface area contributed by atoms with Gasteiger partial charge in [-0.1, -0.05) is 19.1 Å². The summed E-state index contributed by atoms with van der Waals surface area (Å²) in [5.41, 5.74) is 1.06. The number of rotatable bonds is 7. The Bertz CT molecular complexity index is 294. The van der Waals surface area contributed by atoms with E-state index in [1.807, 2.05) is 10.9 Å². The van der Waals surface area contributed by atoms with Crippen LogP contribution in [0.5, 0.6) is 0 Å². The molecule has 1 aromatic rings. The molecule has 1 heterocycles. The molecule has 92 valence electrons. The second-order valence-corrected chi connectivity index (χ2v) is 4.85. The maximum atomic E-state index is 5.48. The van der Waals surface area contributed by atoms with Gasteiger partial charge in [-0.15, -0.1) is 5.10 Å². The van der Waals surface area contributed by atoms with Crippen molar-refractivity contribution in [3.8, 4) is 0 Å². The zero-order valence-electron chi connectivity index (χ0n) is 10.8. The topological polar surface area (TPSA) is 39.9 Å². The molecule has 0 fully saturated rings. The quantitative estimate of drug-likeness (QED) is 0.668. The van der Waals surface area contributed by atoms with Crippen LogP contribution in [0.15, 0.2) is 6.20 Å². The molecule has 0 aliphatic heterocycles. The molecular formula is C12H23N3O. The van der Waals surface area contributed by atoms with E-state index in [1.165, 1.54) is 0 Å². The summed E-state index contributed by atoms with van der Waals surface area (Å²) < 4.78 is 7.40. The van der Waals surface area contributed by atoms with E-state index in [0.717, 1.165) is 31.7 Å². The second kappa shape index (κ2) is 6.63. The van der Waals surface area contributed by atoms with Crippen LogP contribution in [0.25, 0.3) is 0 Å². The molecular weight excluding hydrogens is 202 g/mol. The molecule has 1 aromatic heterocycles. The minimum absolute atomic E-state index is 0.316. The highest BCUT2D eigenvalue weighted by molar-refractivity contribution is 4.92. The van der Waals surface area contributed by atoms with Gasteiger partial charge in [0.1, 0.15) is 0 Å². The third-order valence-electron chi connectivity index (χ3n) is 2.17. The smallest absolute Gasteiger partial charge is 0.0828 e. The molecule has 0 radical (unpaired) electrons. The molecule has 4 nitrogen and oxygen atoms in total. The van der Waals surface area contributed by atoms with E-state index in [4.69, 9.17) is 4.74 Å². The molecule has 1 rings (SSSR count). The highest BCUT2D eigenvalue weighted by Gasteiger charge is 2.02. The Kier molecular flexibility index (Phi) is 5.46. The third-order valence-corrected chi connectivity index (χ3v) is 2.17. The van der Waals surface area contributed by atoms with E-state index in [-0.39, 0.29) is 0 Å². The molecule has 0 aliphatic carbocycles. The number of aryl methyl sites for hydroxylation is 1. The minimum Gasteiger partial charge on any atom is -0.379 e. The van der Waals surface area contributed by atoms with E-state index in [1.54, 1.807) is 0 Å². The Morgan fingerprint density at radius 2 is 2.06 bits per heavy atom. The van der Waals surface area contributed by atoms with Gasteiger partial charge >= 0.3 is 0 Å². The van der Waals surface area contributed by atoms with Crippen LogP contribution in [0, 0.1) is 5.92 Å². The number of aromatic nitrogens is 3. The molecule has 0 aromatic carbocycles. The monoisotopic (exact) mass is 225 g/mol. The number of hydrogen-bond acceptors (Lipinski definition) is 3. The van der Waals surface area contributed by atoms with Crippen LogP contribution in [0.3, 0.4) is 0 Å². The Hall–Kier alpha value is -0.900. The van der Waals surface area contributed by atoms with Gasteiger partial charge in [-0.2, -0.15) is 0 Å². The van der Waals surface area contributed by atoms with Crippen molar-refractivity contribution in [1.82, 2.24) is 15.0 Å². The molecule has 0 saturated carbocycles. The summed E-state index contributed by atoms with van der Waals surface area (Å²) in [7, 11) is 0. The molecule has 4 heteroatoms. The molecule has 0 saturated heterocycles. The summed E-state index contributed by atoms with van der Waals surface area (Å²) in [6.07, 6.45) is 4.32. The van der Waals surface area contributed by atoms with Crippen molar-refractivity contribution in [2.75, 3.05) is 6.61 Å². The highest BCUT2D eigenvalue weighted by Crippen LogP contribution is 2.02. The predicted molar refractivity (Wildman–Crippen MR) is 64.3 cm³/mol. The van der Waals surface area contributed by atoms with Crippen LogP contribution in [0.1, 0.15) is 39.8 Å². The van der Waals surface area contributed by atoms with Gasteiger partial charge in [0.05, 0.1) is 11.8 Å². The Morgan fingerprint density at radius 1 is 1.31 bits per heavy atom. The van der Waals surface area contributed by atoms with Crippen LogP contribution in [-0.4, -0.2) is 27.7 Å². The van der Waals surface area contributed by atoms with Gasteiger partial charge in [0.2, 0.25) is 0 Å². The normalized spacial score (nSPS) is 11.6. The molecule has 0 N–H and O–H groups in total. The van der Waals surface area contributed by atoms with Crippen molar-refractivity contribution in [2.45, 2.75) is 53.2 Å². The van der Waals surface area contributed by atoms with Crippen molar-refractivity contribution in [1.29, 1.82) is 0 Å². The Labute approximate surface area is 98.0 Å². The van der Waals surface area contributed by atoms with E-state index in [9.17, 15) is 0 Å². The molecule has 0 unspecified atom stereocenters. The predicted octanol–water partition coefficient (Wildman–Crippen LogP) is 2.29. The maximum Gasteiger partial charge on any atom is 0.0828 e. The van der Waals surface area contributed by atoms with Crippen LogP contribution in [0.4, 0.5) is 0 Å². The van der Waals surface area contributed by atoms with E-state index in [2.05, 4.69) is 38.0 Å². The first kappa shape index (κ1) is 13.2. The van der Waals surface area contributed by atoms with Gasteiger partial charge < -0.3 is 4.74 Å². The highest BCUT2D eigenvalue weighted by atomic mass is 16.5. The van der Waals surface area contributed by atoms with E-state index < -0.39 is 0 Å². The van der Waals surface area contributed by atoms with Gasteiger partial charge in [0.25, 0.3) is 0 Å². The van der Waals surface area contributed by atoms with Gasteiger partial charge in [-0.3, -0.25) is 4.68 Å². The van der Waals surface area contributed by atoms with Gasteiger partial charge in [-0.25, -0.2) is 0 Å². The summed E-state index contributed by atoms with van der Waals surface area (Å²) >= 11 is 0. The summed E-state index contributed by atoms with van der Waals surface area (Å²) in [4.78, 5) is 0. The van der Waals surface area contributed by atoms with Gasteiger partial charge in [-0.05, 0) is 32.6 Å². The summed E-state index contributed by atoms with van der Waals surface area (Å²) in [6, 6.07) is 0. The van der Waals surface area contributed by atoms with Gasteiger partial charge in [0.15, 0.2) is 0 Å². The first-order valence-corrected chi connectivity index (χ1v) is 6.08. The molecule has 16 heavy (non-hydrogen) atoms.